The van der Waals surface area contributed by atoms with E-state index in [1.807, 2.05) is 6.92 Å². The number of pyridine rings is 1. The van der Waals surface area contributed by atoms with Crippen LogP contribution in [-0.4, -0.2) is 18.6 Å². The molecule has 0 bridgehead atoms. The molecule has 0 saturated carbocycles. The van der Waals surface area contributed by atoms with Gasteiger partial charge in [-0.15, -0.1) is 0 Å². The molecule has 3 N–H and O–H groups in total. The highest BCUT2D eigenvalue weighted by Gasteiger charge is 2.20. The molecule has 0 saturated heterocycles. The minimum Gasteiger partial charge on any atom is -0.497 e. The molecule has 2 aromatic rings. The van der Waals surface area contributed by atoms with Crippen LogP contribution < -0.4 is 15.8 Å². The molecule has 0 radical (unpaired) electrons. The third-order valence-electron chi connectivity index (χ3n) is 3.15. The molecule has 0 aliphatic carbocycles. The summed E-state index contributed by atoms with van der Waals surface area (Å²) in [5.41, 5.74) is 7.02. The highest BCUT2D eigenvalue weighted by Crippen LogP contribution is 2.30. The van der Waals surface area contributed by atoms with Crippen molar-refractivity contribution in [2.75, 3.05) is 19.4 Å². The second-order valence-electron chi connectivity index (χ2n) is 4.51. The van der Waals surface area contributed by atoms with E-state index in [4.69, 9.17) is 22.1 Å². The van der Waals surface area contributed by atoms with Gasteiger partial charge in [-0.1, -0.05) is 24.6 Å². The predicted molar refractivity (Wildman–Crippen MR) is 82.1 cm³/mol. The van der Waals surface area contributed by atoms with E-state index in [0.717, 1.165) is 0 Å². The topological polar surface area (TPSA) is 60.2 Å². The SMILES string of the molecule is CCNC(c1ccc(OC)cc1F)c1cc(Cl)cnc1N. The Labute approximate surface area is 128 Å². The van der Waals surface area contributed by atoms with E-state index in [1.54, 1.807) is 18.2 Å². The maximum atomic E-state index is 14.3. The fourth-order valence-corrected chi connectivity index (χ4v) is 2.32. The zero-order chi connectivity index (χ0) is 15.4. The average Bonchev–Trinajstić information content (AvgIpc) is 2.48. The number of methoxy groups -OCH3 is 1. The van der Waals surface area contributed by atoms with Gasteiger partial charge in [-0.3, -0.25) is 0 Å². The first-order chi connectivity index (χ1) is 10.1. The summed E-state index contributed by atoms with van der Waals surface area (Å²) in [5, 5.41) is 3.66. The van der Waals surface area contributed by atoms with E-state index >= 15 is 0 Å². The Morgan fingerprint density at radius 3 is 2.76 bits per heavy atom. The van der Waals surface area contributed by atoms with Crippen LogP contribution in [0.15, 0.2) is 30.5 Å². The van der Waals surface area contributed by atoms with Gasteiger partial charge in [0.1, 0.15) is 17.4 Å². The lowest BCUT2D eigenvalue weighted by Crippen LogP contribution is -2.24. The molecule has 1 unspecified atom stereocenters. The van der Waals surface area contributed by atoms with Crippen LogP contribution in [0.25, 0.3) is 0 Å². The summed E-state index contributed by atoms with van der Waals surface area (Å²) in [6.45, 7) is 2.57. The maximum absolute atomic E-state index is 14.3. The summed E-state index contributed by atoms with van der Waals surface area (Å²) in [7, 11) is 1.50. The summed E-state index contributed by atoms with van der Waals surface area (Å²) in [5.74, 6) is 0.406. The third kappa shape index (κ3) is 3.43. The molecule has 0 fully saturated rings. The first-order valence-electron chi connectivity index (χ1n) is 6.54. The van der Waals surface area contributed by atoms with Crippen LogP contribution in [0, 0.1) is 5.82 Å². The molecule has 112 valence electrons. The summed E-state index contributed by atoms with van der Waals surface area (Å²) < 4.78 is 19.3. The van der Waals surface area contributed by atoms with Gasteiger partial charge in [0.05, 0.1) is 18.2 Å². The van der Waals surface area contributed by atoms with E-state index in [-0.39, 0.29) is 5.82 Å². The normalized spacial score (nSPS) is 12.2. The van der Waals surface area contributed by atoms with Gasteiger partial charge >= 0.3 is 0 Å². The van der Waals surface area contributed by atoms with Gasteiger partial charge in [0.25, 0.3) is 0 Å². The van der Waals surface area contributed by atoms with Crippen molar-refractivity contribution in [2.45, 2.75) is 13.0 Å². The van der Waals surface area contributed by atoms with Gasteiger partial charge < -0.3 is 15.8 Å². The molecule has 1 heterocycles. The molecule has 21 heavy (non-hydrogen) atoms. The summed E-state index contributed by atoms with van der Waals surface area (Å²) in [4.78, 5) is 4.03. The molecule has 2 rings (SSSR count). The molecule has 6 heteroatoms. The van der Waals surface area contributed by atoms with Gasteiger partial charge in [-0.05, 0) is 18.7 Å². The summed E-state index contributed by atoms with van der Waals surface area (Å²) >= 11 is 5.98. The van der Waals surface area contributed by atoms with Gasteiger partial charge in [0, 0.05) is 23.4 Å². The fourth-order valence-electron chi connectivity index (χ4n) is 2.16. The molecule has 1 aromatic heterocycles. The Morgan fingerprint density at radius 2 is 2.14 bits per heavy atom. The van der Waals surface area contributed by atoms with E-state index in [2.05, 4.69) is 10.3 Å². The van der Waals surface area contributed by atoms with Crippen LogP contribution in [-0.2, 0) is 0 Å². The lowest BCUT2D eigenvalue weighted by Gasteiger charge is -2.21. The van der Waals surface area contributed by atoms with E-state index < -0.39 is 6.04 Å². The van der Waals surface area contributed by atoms with Crippen molar-refractivity contribution in [1.29, 1.82) is 0 Å². The van der Waals surface area contributed by atoms with Crippen LogP contribution in [0.3, 0.4) is 0 Å². The minimum absolute atomic E-state index is 0.320. The van der Waals surface area contributed by atoms with Crippen molar-refractivity contribution in [1.82, 2.24) is 10.3 Å². The van der Waals surface area contributed by atoms with Gasteiger partial charge in [-0.25, -0.2) is 9.37 Å². The number of nitrogen functional groups attached to an aromatic ring is 1. The van der Waals surface area contributed by atoms with Crippen LogP contribution in [0.4, 0.5) is 10.2 Å². The number of hydrogen-bond acceptors (Lipinski definition) is 4. The third-order valence-corrected chi connectivity index (χ3v) is 3.36. The number of nitrogens with two attached hydrogens (primary N) is 1. The van der Waals surface area contributed by atoms with Crippen LogP contribution in [0.1, 0.15) is 24.1 Å². The predicted octanol–water partition coefficient (Wildman–Crippen LogP) is 3.16. The molecule has 4 nitrogen and oxygen atoms in total. The lowest BCUT2D eigenvalue weighted by atomic mass is 9.98. The smallest absolute Gasteiger partial charge is 0.132 e. The number of anilines is 1. The number of nitrogens with zero attached hydrogens (tertiary/aromatic N) is 1. The standard InChI is InChI=1S/C15H17ClFN3O/c1-3-19-14(12-6-9(16)8-20-15(12)18)11-5-4-10(21-2)7-13(11)17/h4-8,14,19H,3H2,1-2H3,(H2,18,20). The zero-order valence-corrected chi connectivity index (χ0v) is 12.6. The molecular weight excluding hydrogens is 293 g/mol. The number of nitrogens with one attached hydrogen (secondary N) is 1. The molecule has 0 spiro atoms. The Bertz CT molecular complexity index is 636. The molecule has 0 aliphatic rings. The highest BCUT2D eigenvalue weighted by atomic mass is 35.5. The van der Waals surface area contributed by atoms with Gasteiger partial charge in [0.2, 0.25) is 0 Å². The second kappa shape index (κ2) is 6.74. The average molecular weight is 310 g/mol. The largest absolute Gasteiger partial charge is 0.497 e. The maximum Gasteiger partial charge on any atom is 0.132 e. The number of benzene rings is 1. The minimum atomic E-state index is -0.424. The van der Waals surface area contributed by atoms with Crippen molar-refractivity contribution in [3.05, 3.63) is 52.4 Å². The van der Waals surface area contributed by atoms with Crippen molar-refractivity contribution >= 4 is 17.4 Å². The summed E-state index contributed by atoms with van der Waals surface area (Å²) in [6, 6.07) is 5.99. The second-order valence-corrected chi connectivity index (χ2v) is 4.94. The van der Waals surface area contributed by atoms with Crippen molar-refractivity contribution in [3.8, 4) is 5.75 Å². The van der Waals surface area contributed by atoms with E-state index in [9.17, 15) is 4.39 Å². The first kappa shape index (κ1) is 15.5. The van der Waals surface area contributed by atoms with Gasteiger partial charge in [0.15, 0.2) is 0 Å². The zero-order valence-electron chi connectivity index (χ0n) is 11.9. The Hall–Kier alpha value is -1.85. The Morgan fingerprint density at radius 1 is 1.38 bits per heavy atom. The summed E-state index contributed by atoms with van der Waals surface area (Å²) in [6.07, 6.45) is 1.47. The number of halogens is 2. The van der Waals surface area contributed by atoms with E-state index in [1.165, 1.54) is 19.4 Å². The van der Waals surface area contributed by atoms with Gasteiger partial charge in [-0.2, -0.15) is 0 Å². The van der Waals surface area contributed by atoms with Crippen molar-refractivity contribution in [2.24, 2.45) is 0 Å². The lowest BCUT2D eigenvalue weighted by molar-refractivity contribution is 0.410. The number of rotatable bonds is 5. The molecule has 0 aliphatic heterocycles. The fraction of sp³-hybridized carbons (Fsp3) is 0.267. The molecular formula is C15H17ClFN3O. The Balaban J connectivity index is 2.50. The number of hydrogen-bond donors (Lipinski definition) is 2. The number of ether oxygens (including phenoxy) is 1. The highest BCUT2D eigenvalue weighted by molar-refractivity contribution is 6.30. The monoisotopic (exact) mass is 309 g/mol. The van der Waals surface area contributed by atoms with E-state index in [0.29, 0.717) is 34.3 Å². The molecule has 1 aromatic carbocycles. The van der Waals surface area contributed by atoms with Crippen molar-refractivity contribution < 1.29 is 9.13 Å². The van der Waals surface area contributed by atoms with Crippen LogP contribution in [0.5, 0.6) is 5.75 Å². The van der Waals surface area contributed by atoms with Crippen LogP contribution in [0.2, 0.25) is 5.02 Å². The quantitative estimate of drug-likeness (QED) is 0.890. The van der Waals surface area contributed by atoms with Crippen molar-refractivity contribution in [3.63, 3.8) is 0 Å². The van der Waals surface area contributed by atoms with Crippen LogP contribution >= 0.6 is 11.6 Å². The Kier molecular flexibility index (Phi) is 4.98. The molecule has 0 amide bonds. The molecule has 1 atom stereocenters. The first-order valence-corrected chi connectivity index (χ1v) is 6.92. The number of aromatic nitrogens is 1.